The fraction of sp³-hybridized carbons (Fsp3) is 0.556. The lowest BCUT2D eigenvalue weighted by molar-refractivity contribution is -0.139. The van der Waals surface area contributed by atoms with E-state index in [1.807, 2.05) is 35.2 Å². The average molecular weight is 300 g/mol. The maximum Gasteiger partial charge on any atom is 0.228 e. The second-order valence-corrected chi connectivity index (χ2v) is 6.33. The zero-order valence-electron chi connectivity index (χ0n) is 13.2. The fourth-order valence-corrected chi connectivity index (χ4v) is 3.68. The van der Waals surface area contributed by atoms with Crippen LogP contribution >= 0.6 is 0 Å². The van der Waals surface area contributed by atoms with E-state index in [1.165, 1.54) is 6.42 Å². The van der Waals surface area contributed by atoms with E-state index in [0.717, 1.165) is 31.5 Å². The third-order valence-electron chi connectivity index (χ3n) is 4.92. The Morgan fingerprint density at radius 1 is 1.23 bits per heavy atom. The van der Waals surface area contributed by atoms with Crippen molar-refractivity contribution in [3.63, 3.8) is 0 Å². The Balaban J connectivity index is 1.71. The van der Waals surface area contributed by atoms with Gasteiger partial charge in [-0.15, -0.1) is 0 Å². The molecule has 2 amide bonds. The van der Waals surface area contributed by atoms with E-state index in [-0.39, 0.29) is 17.7 Å². The lowest BCUT2D eigenvalue weighted by atomic mass is 9.97. The van der Waals surface area contributed by atoms with Crippen molar-refractivity contribution in [2.75, 3.05) is 18.0 Å². The maximum atomic E-state index is 12.8. The molecule has 1 aromatic rings. The summed E-state index contributed by atoms with van der Waals surface area (Å²) in [5.41, 5.74) is 0.897. The van der Waals surface area contributed by atoms with Crippen molar-refractivity contribution >= 4 is 17.5 Å². The summed E-state index contributed by atoms with van der Waals surface area (Å²) in [5, 5.41) is 0. The number of carbonyl (C=O) groups is 2. The van der Waals surface area contributed by atoms with Crippen LogP contribution in [-0.4, -0.2) is 35.8 Å². The van der Waals surface area contributed by atoms with Crippen molar-refractivity contribution in [3.8, 4) is 0 Å². The van der Waals surface area contributed by atoms with E-state index < -0.39 is 0 Å². The van der Waals surface area contributed by atoms with Gasteiger partial charge in [0.05, 0.1) is 5.92 Å². The first-order valence-corrected chi connectivity index (χ1v) is 8.36. The molecule has 1 aromatic carbocycles. The number of carbonyl (C=O) groups excluding carboxylic acids is 2. The molecule has 0 aliphatic carbocycles. The van der Waals surface area contributed by atoms with Crippen molar-refractivity contribution < 1.29 is 9.59 Å². The van der Waals surface area contributed by atoms with Crippen LogP contribution in [0.5, 0.6) is 0 Å². The maximum absolute atomic E-state index is 12.8. The number of rotatable bonds is 3. The highest BCUT2D eigenvalue weighted by molar-refractivity contribution is 6.00. The minimum absolute atomic E-state index is 0.0645. The summed E-state index contributed by atoms with van der Waals surface area (Å²) in [7, 11) is 0. The molecule has 4 heteroatoms. The smallest absolute Gasteiger partial charge is 0.228 e. The first-order valence-electron chi connectivity index (χ1n) is 8.36. The highest BCUT2D eigenvalue weighted by atomic mass is 16.2. The largest absolute Gasteiger partial charge is 0.339 e. The van der Waals surface area contributed by atoms with Crippen LogP contribution in [0.15, 0.2) is 30.3 Å². The number of hydrogen-bond donors (Lipinski definition) is 0. The van der Waals surface area contributed by atoms with Crippen LogP contribution in [0.1, 0.15) is 39.0 Å². The Labute approximate surface area is 132 Å². The van der Waals surface area contributed by atoms with Gasteiger partial charge < -0.3 is 9.80 Å². The molecule has 0 aromatic heterocycles. The van der Waals surface area contributed by atoms with E-state index in [9.17, 15) is 9.59 Å². The number of likely N-dealkylation sites (tertiary alicyclic amines) is 1. The first-order chi connectivity index (χ1) is 10.7. The van der Waals surface area contributed by atoms with Gasteiger partial charge in [0, 0.05) is 31.2 Å². The van der Waals surface area contributed by atoms with Crippen LogP contribution in [0.3, 0.4) is 0 Å². The minimum Gasteiger partial charge on any atom is -0.339 e. The average Bonchev–Trinajstić information content (AvgIpc) is 2.97. The molecule has 2 atom stereocenters. The van der Waals surface area contributed by atoms with E-state index in [2.05, 4.69) is 6.92 Å². The zero-order valence-corrected chi connectivity index (χ0v) is 13.2. The van der Waals surface area contributed by atoms with Gasteiger partial charge in [0.1, 0.15) is 0 Å². The summed E-state index contributed by atoms with van der Waals surface area (Å²) in [6.45, 7) is 3.52. The molecule has 4 nitrogen and oxygen atoms in total. The predicted molar refractivity (Wildman–Crippen MR) is 86.5 cm³/mol. The van der Waals surface area contributed by atoms with Crippen LogP contribution in [-0.2, 0) is 9.59 Å². The van der Waals surface area contributed by atoms with Gasteiger partial charge in [-0.25, -0.2) is 0 Å². The van der Waals surface area contributed by atoms with Gasteiger partial charge >= 0.3 is 0 Å². The standard InChI is InChI=1S/C18H24N2O2/c1-2-15-8-6-7-11-19(15)18(22)14-12-17(21)20(13-14)16-9-4-3-5-10-16/h3-5,9-10,14-15H,2,6-8,11-13H2,1H3/t14-,15+/m0/s1. The van der Waals surface area contributed by atoms with E-state index in [1.54, 1.807) is 4.90 Å². The summed E-state index contributed by atoms with van der Waals surface area (Å²) >= 11 is 0. The molecule has 0 saturated carbocycles. The van der Waals surface area contributed by atoms with Gasteiger partial charge in [0.25, 0.3) is 0 Å². The SMILES string of the molecule is CC[C@@H]1CCCCN1C(=O)[C@H]1CC(=O)N(c2ccccc2)C1. The molecular formula is C18H24N2O2. The second kappa shape index (κ2) is 6.51. The molecule has 0 spiro atoms. The minimum atomic E-state index is -0.181. The fourth-order valence-electron chi connectivity index (χ4n) is 3.68. The third kappa shape index (κ3) is 2.87. The molecule has 2 saturated heterocycles. The van der Waals surface area contributed by atoms with E-state index in [4.69, 9.17) is 0 Å². The summed E-state index contributed by atoms with van der Waals surface area (Å²) in [4.78, 5) is 28.9. The van der Waals surface area contributed by atoms with Gasteiger partial charge in [-0.2, -0.15) is 0 Å². The Kier molecular flexibility index (Phi) is 4.46. The predicted octanol–water partition coefficient (Wildman–Crippen LogP) is 2.83. The molecule has 118 valence electrons. The number of hydrogen-bond acceptors (Lipinski definition) is 2. The van der Waals surface area contributed by atoms with Crippen molar-refractivity contribution in [1.29, 1.82) is 0 Å². The summed E-state index contributed by atoms with van der Waals surface area (Å²) in [6.07, 6.45) is 4.76. The Bertz CT molecular complexity index is 543. The van der Waals surface area contributed by atoms with Crippen molar-refractivity contribution in [1.82, 2.24) is 4.90 Å². The first kappa shape index (κ1) is 15.1. The number of piperidine rings is 1. The van der Waals surface area contributed by atoms with Crippen LogP contribution in [0.2, 0.25) is 0 Å². The molecule has 22 heavy (non-hydrogen) atoms. The molecule has 0 unspecified atom stereocenters. The van der Waals surface area contributed by atoms with Gasteiger partial charge in [-0.1, -0.05) is 25.1 Å². The number of amides is 2. The van der Waals surface area contributed by atoms with Crippen LogP contribution in [0, 0.1) is 5.92 Å². The van der Waals surface area contributed by atoms with Gasteiger partial charge in [0.15, 0.2) is 0 Å². The van der Waals surface area contributed by atoms with Crippen LogP contribution in [0.4, 0.5) is 5.69 Å². The summed E-state index contributed by atoms with van der Waals surface area (Å²) in [5.74, 6) is 0.0628. The lowest BCUT2D eigenvalue weighted by Crippen LogP contribution is -2.46. The van der Waals surface area contributed by atoms with E-state index in [0.29, 0.717) is 19.0 Å². The highest BCUT2D eigenvalue weighted by Gasteiger charge is 2.39. The zero-order chi connectivity index (χ0) is 15.5. The highest BCUT2D eigenvalue weighted by Crippen LogP contribution is 2.29. The van der Waals surface area contributed by atoms with Crippen LogP contribution < -0.4 is 4.90 Å². The molecule has 2 fully saturated rings. The Morgan fingerprint density at radius 2 is 2.00 bits per heavy atom. The summed E-state index contributed by atoms with van der Waals surface area (Å²) < 4.78 is 0. The number of para-hydroxylation sites is 1. The normalized spacial score (nSPS) is 25.6. The monoisotopic (exact) mass is 300 g/mol. The molecule has 0 bridgehead atoms. The molecular weight excluding hydrogens is 276 g/mol. The molecule has 3 rings (SSSR count). The van der Waals surface area contributed by atoms with Crippen molar-refractivity contribution in [2.24, 2.45) is 5.92 Å². The van der Waals surface area contributed by atoms with Gasteiger partial charge in [0.2, 0.25) is 11.8 Å². The molecule has 2 aliphatic rings. The van der Waals surface area contributed by atoms with Gasteiger partial charge in [-0.05, 0) is 37.8 Å². The summed E-state index contributed by atoms with van der Waals surface area (Å²) in [6, 6.07) is 10.0. The second-order valence-electron chi connectivity index (χ2n) is 6.33. The quantitative estimate of drug-likeness (QED) is 0.861. The number of benzene rings is 1. The third-order valence-corrected chi connectivity index (χ3v) is 4.92. The van der Waals surface area contributed by atoms with E-state index >= 15 is 0 Å². The number of anilines is 1. The molecule has 2 aliphatic heterocycles. The van der Waals surface area contributed by atoms with Crippen molar-refractivity contribution in [3.05, 3.63) is 30.3 Å². The Morgan fingerprint density at radius 3 is 2.73 bits per heavy atom. The molecule has 0 N–H and O–H groups in total. The molecule has 0 radical (unpaired) electrons. The topological polar surface area (TPSA) is 40.6 Å². The van der Waals surface area contributed by atoms with Crippen molar-refractivity contribution in [2.45, 2.75) is 45.1 Å². The number of nitrogens with zero attached hydrogens (tertiary/aromatic N) is 2. The lowest BCUT2D eigenvalue weighted by Gasteiger charge is -2.36. The van der Waals surface area contributed by atoms with Crippen LogP contribution in [0.25, 0.3) is 0 Å². The van der Waals surface area contributed by atoms with Gasteiger partial charge in [-0.3, -0.25) is 9.59 Å². The Hall–Kier alpha value is -1.84. The molecule has 2 heterocycles.